The van der Waals surface area contributed by atoms with Crippen molar-refractivity contribution in [2.45, 2.75) is 26.3 Å². The Morgan fingerprint density at radius 3 is 2.38 bits per heavy atom. The van der Waals surface area contributed by atoms with Crippen LogP contribution in [-0.4, -0.2) is 24.1 Å². The van der Waals surface area contributed by atoms with Crippen LogP contribution in [-0.2, 0) is 16.1 Å². The second-order valence-electron chi connectivity index (χ2n) is 5.42. The van der Waals surface area contributed by atoms with Crippen LogP contribution in [0.1, 0.15) is 34.5 Å². The van der Waals surface area contributed by atoms with E-state index in [9.17, 15) is 14.4 Å². The third-order valence-electron chi connectivity index (χ3n) is 3.44. The molecule has 0 radical (unpaired) electrons. The Balaban J connectivity index is 1.64. The number of furan rings is 1. The van der Waals surface area contributed by atoms with Crippen LogP contribution in [0.4, 0.5) is 0 Å². The number of Topliss-reactive ketones (excluding diaryl/α,β-unsaturated/α-hetero) is 1. The van der Waals surface area contributed by atoms with Crippen molar-refractivity contribution in [3.8, 4) is 0 Å². The fourth-order valence-electron chi connectivity index (χ4n) is 2.04. The molecule has 1 aromatic heterocycles. The van der Waals surface area contributed by atoms with Crippen LogP contribution in [0, 0.1) is 6.92 Å². The van der Waals surface area contributed by atoms with E-state index in [1.807, 2.05) is 19.1 Å². The van der Waals surface area contributed by atoms with E-state index >= 15 is 0 Å². The number of carbonyl (C=O) groups is 3. The maximum absolute atomic E-state index is 12.0. The van der Waals surface area contributed by atoms with Crippen LogP contribution in [0.25, 0.3) is 0 Å². The topological polar surface area (TPSA) is 88.4 Å². The molecule has 0 spiro atoms. The highest BCUT2D eigenvalue weighted by molar-refractivity contribution is 5.98. The van der Waals surface area contributed by atoms with Gasteiger partial charge in [0.2, 0.25) is 11.8 Å². The van der Waals surface area contributed by atoms with E-state index in [2.05, 4.69) is 10.6 Å². The van der Waals surface area contributed by atoms with E-state index < -0.39 is 0 Å². The Morgan fingerprint density at radius 1 is 0.958 bits per heavy atom. The SMILES string of the molecule is Cc1ccc(C(=O)CCC(=O)NCC(=O)NCc2ccco2)cc1. The average Bonchev–Trinajstić information content (AvgIpc) is 3.10. The van der Waals surface area contributed by atoms with Gasteiger partial charge < -0.3 is 15.1 Å². The van der Waals surface area contributed by atoms with Gasteiger partial charge in [-0.1, -0.05) is 29.8 Å². The Labute approximate surface area is 140 Å². The largest absolute Gasteiger partial charge is 0.467 e. The van der Waals surface area contributed by atoms with Gasteiger partial charge in [-0.05, 0) is 19.1 Å². The maximum Gasteiger partial charge on any atom is 0.239 e. The summed E-state index contributed by atoms with van der Waals surface area (Å²) >= 11 is 0. The van der Waals surface area contributed by atoms with Crippen molar-refractivity contribution >= 4 is 17.6 Å². The first-order valence-electron chi connectivity index (χ1n) is 7.70. The van der Waals surface area contributed by atoms with Crippen molar-refractivity contribution in [1.29, 1.82) is 0 Å². The number of nitrogens with one attached hydrogen (secondary N) is 2. The van der Waals surface area contributed by atoms with Gasteiger partial charge in [0.05, 0.1) is 19.4 Å². The Hall–Kier alpha value is -2.89. The van der Waals surface area contributed by atoms with Crippen LogP contribution >= 0.6 is 0 Å². The van der Waals surface area contributed by atoms with Gasteiger partial charge in [-0.3, -0.25) is 14.4 Å². The van der Waals surface area contributed by atoms with E-state index in [1.165, 1.54) is 6.26 Å². The molecule has 1 heterocycles. The molecule has 0 aliphatic rings. The predicted octanol–water partition coefficient (Wildman–Crippen LogP) is 1.98. The number of ketones is 1. The normalized spacial score (nSPS) is 10.2. The van der Waals surface area contributed by atoms with Crippen LogP contribution in [0.5, 0.6) is 0 Å². The quantitative estimate of drug-likeness (QED) is 0.725. The molecular weight excluding hydrogens is 308 g/mol. The Morgan fingerprint density at radius 2 is 1.71 bits per heavy atom. The van der Waals surface area contributed by atoms with Crippen LogP contribution < -0.4 is 10.6 Å². The lowest BCUT2D eigenvalue weighted by Gasteiger charge is -2.06. The standard InChI is InChI=1S/C18H20N2O4/c1-13-4-6-14(7-5-13)16(21)8-9-17(22)20-12-18(23)19-11-15-3-2-10-24-15/h2-7,10H,8-9,11-12H2,1H3,(H,19,23)(H,20,22). The van der Waals surface area contributed by atoms with Gasteiger partial charge in [0.1, 0.15) is 5.76 Å². The summed E-state index contributed by atoms with van der Waals surface area (Å²) in [5.74, 6) is -0.0981. The van der Waals surface area contributed by atoms with Crippen molar-refractivity contribution < 1.29 is 18.8 Å². The molecule has 6 nitrogen and oxygen atoms in total. The summed E-state index contributed by atoms with van der Waals surface area (Å²) in [6.45, 7) is 2.09. The first-order valence-corrected chi connectivity index (χ1v) is 7.70. The number of carbonyl (C=O) groups excluding carboxylic acids is 3. The molecule has 0 fully saturated rings. The Kier molecular flexibility index (Phi) is 6.31. The first kappa shape index (κ1) is 17.5. The summed E-state index contributed by atoms with van der Waals surface area (Å²) in [4.78, 5) is 35.3. The van der Waals surface area contributed by atoms with Crippen LogP contribution in [0.15, 0.2) is 47.1 Å². The zero-order valence-electron chi connectivity index (χ0n) is 13.5. The van der Waals surface area contributed by atoms with Crippen molar-refractivity contribution in [2.75, 3.05) is 6.54 Å². The van der Waals surface area contributed by atoms with E-state index in [0.29, 0.717) is 11.3 Å². The lowest BCUT2D eigenvalue weighted by Crippen LogP contribution is -2.36. The fraction of sp³-hybridized carbons (Fsp3) is 0.278. The molecule has 24 heavy (non-hydrogen) atoms. The molecule has 0 saturated heterocycles. The van der Waals surface area contributed by atoms with E-state index in [0.717, 1.165) is 5.56 Å². The van der Waals surface area contributed by atoms with E-state index in [4.69, 9.17) is 4.42 Å². The van der Waals surface area contributed by atoms with Gasteiger partial charge >= 0.3 is 0 Å². The zero-order valence-corrected chi connectivity index (χ0v) is 13.5. The highest BCUT2D eigenvalue weighted by atomic mass is 16.3. The predicted molar refractivity (Wildman–Crippen MR) is 88.3 cm³/mol. The second kappa shape index (κ2) is 8.67. The van der Waals surface area contributed by atoms with Crippen LogP contribution in [0.2, 0.25) is 0 Å². The third-order valence-corrected chi connectivity index (χ3v) is 3.44. The molecule has 2 aromatic rings. The minimum atomic E-state index is -0.330. The molecule has 2 rings (SSSR count). The molecule has 6 heteroatoms. The summed E-state index contributed by atoms with van der Waals surface area (Å²) < 4.78 is 5.08. The number of rotatable bonds is 8. The van der Waals surface area contributed by atoms with Crippen molar-refractivity contribution in [3.05, 3.63) is 59.5 Å². The molecule has 0 atom stereocenters. The number of amides is 2. The van der Waals surface area contributed by atoms with Gasteiger partial charge in [0.25, 0.3) is 0 Å². The molecule has 0 bridgehead atoms. The third kappa shape index (κ3) is 5.72. The summed E-state index contributed by atoms with van der Waals surface area (Å²) in [6, 6.07) is 10.7. The minimum Gasteiger partial charge on any atom is -0.467 e. The molecule has 0 saturated carbocycles. The van der Waals surface area contributed by atoms with E-state index in [1.54, 1.807) is 24.3 Å². The molecular formula is C18H20N2O4. The smallest absolute Gasteiger partial charge is 0.239 e. The zero-order chi connectivity index (χ0) is 17.4. The molecule has 0 unspecified atom stereocenters. The van der Waals surface area contributed by atoms with Crippen molar-refractivity contribution in [3.63, 3.8) is 0 Å². The number of hydrogen-bond acceptors (Lipinski definition) is 4. The summed E-state index contributed by atoms with van der Waals surface area (Å²) in [5.41, 5.74) is 1.66. The molecule has 126 valence electrons. The molecule has 0 aliphatic carbocycles. The van der Waals surface area contributed by atoms with Crippen molar-refractivity contribution in [2.24, 2.45) is 0 Å². The van der Waals surface area contributed by atoms with Crippen LogP contribution in [0.3, 0.4) is 0 Å². The molecule has 2 N–H and O–H groups in total. The molecule has 2 amide bonds. The lowest BCUT2D eigenvalue weighted by molar-refractivity contribution is -0.126. The summed E-state index contributed by atoms with van der Waals surface area (Å²) in [7, 11) is 0. The summed E-state index contributed by atoms with van der Waals surface area (Å²) in [6.07, 6.45) is 1.69. The maximum atomic E-state index is 12.0. The number of hydrogen-bond donors (Lipinski definition) is 2. The monoisotopic (exact) mass is 328 g/mol. The lowest BCUT2D eigenvalue weighted by atomic mass is 10.1. The average molecular weight is 328 g/mol. The number of benzene rings is 1. The van der Waals surface area contributed by atoms with Gasteiger partial charge in [-0.2, -0.15) is 0 Å². The van der Waals surface area contributed by atoms with Crippen molar-refractivity contribution in [1.82, 2.24) is 10.6 Å². The van der Waals surface area contributed by atoms with Gasteiger partial charge in [-0.15, -0.1) is 0 Å². The number of aryl methyl sites for hydroxylation is 1. The molecule has 0 aliphatic heterocycles. The summed E-state index contributed by atoms with van der Waals surface area (Å²) in [5, 5.41) is 5.12. The molecule has 1 aromatic carbocycles. The second-order valence-corrected chi connectivity index (χ2v) is 5.42. The van der Waals surface area contributed by atoms with Gasteiger partial charge in [0, 0.05) is 18.4 Å². The first-order chi connectivity index (χ1) is 11.5. The van der Waals surface area contributed by atoms with E-state index in [-0.39, 0.29) is 43.5 Å². The fourth-order valence-corrected chi connectivity index (χ4v) is 2.04. The minimum absolute atomic E-state index is 0.0537. The van der Waals surface area contributed by atoms with Gasteiger partial charge in [0.15, 0.2) is 5.78 Å². The Bertz CT molecular complexity index is 690. The highest BCUT2D eigenvalue weighted by Crippen LogP contribution is 2.07. The van der Waals surface area contributed by atoms with Gasteiger partial charge in [-0.25, -0.2) is 0 Å². The highest BCUT2D eigenvalue weighted by Gasteiger charge is 2.10.